The summed E-state index contributed by atoms with van der Waals surface area (Å²) in [5, 5.41) is 9.69. The van der Waals surface area contributed by atoms with Gasteiger partial charge in [0.05, 0.1) is 6.07 Å². The summed E-state index contributed by atoms with van der Waals surface area (Å²) in [6.07, 6.45) is 7.42. The van der Waals surface area contributed by atoms with Crippen molar-refractivity contribution in [3.8, 4) is 28.8 Å². The summed E-state index contributed by atoms with van der Waals surface area (Å²) in [7, 11) is 2.49. The number of allylic oxidation sites excluding steroid dienone is 1. The van der Waals surface area contributed by atoms with E-state index in [0.29, 0.717) is 22.5 Å². The van der Waals surface area contributed by atoms with Gasteiger partial charge in [0, 0.05) is 0 Å². The van der Waals surface area contributed by atoms with Crippen LogP contribution in [0.4, 0.5) is 25.0 Å². The Morgan fingerprint density at radius 3 is 2.42 bits per heavy atom. The number of methoxy groups -OCH3 is 2. The zero-order chi connectivity index (χ0) is 30.7. The number of hydrogen-bond donors (Lipinski definition) is 0. The van der Waals surface area contributed by atoms with E-state index in [0.717, 1.165) is 35.9 Å². The number of hydrogen-bond acceptors (Lipinski definition) is 7. The quantitative estimate of drug-likeness (QED) is 0.251. The zero-order valence-corrected chi connectivity index (χ0v) is 25.9. The van der Waals surface area contributed by atoms with Crippen molar-refractivity contribution in [2.45, 2.75) is 38.1 Å². The van der Waals surface area contributed by atoms with Crippen molar-refractivity contribution in [1.29, 1.82) is 5.26 Å². The Hall–Kier alpha value is -4.38. The maximum absolute atomic E-state index is 15.6. The third-order valence-corrected chi connectivity index (χ3v) is 8.67. The van der Waals surface area contributed by atoms with Crippen LogP contribution in [-0.2, 0) is 12.0 Å². The van der Waals surface area contributed by atoms with Gasteiger partial charge in [0.1, 0.15) is 0 Å². The molecule has 43 heavy (non-hydrogen) atoms. The number of pyridine rings is 2. The first-order valence-electron chi connectivity index (χ1n) is 13.3. The van der Waals surface area contributed by atoms with Crippen molar-refractivity contribution in [3.05, 3.63) is 82.1 Å². The van der Waals surface area contributed by atoms with E-state index in [-0.39, 0.29) is 23.9 Å². The molecule has 5 rings (SSSR count). The number of urea groups is 1. The molecule has 0 unspecified atom stereocenters. The average molecular weight is 698 g/mol. The molecule has 9 nitrogen and oxygen atoms in total. The molecule has 0 N–H and O–H groups in total. The second-order valence-corrected chi connectivity index (χ2v) is 12.0. The predicted octanol–water partition coefficient (Wildman–Crippen LogP) is 3.45. The van der Waals surface area contributed by atoms with E-state index in [1.807, 2.05) is 12.1 Å². The number of nitrogens with zero attached hydrogens (tertiary/aromatic N) is 6. The van der Waals surface area contributed by atoms with Crippen LogP contribution in [0.15, 0.2) is 64.2 Å². The van der Waals surface area contributed by atoms with Gasteiger partial charge in [-0.05, 0) is 19.3 Å². The van der Waals surface area contributed by atoms with Crippen molar-refractivity contribution in [2.75, 3.05) is 24.0 Å². The Morgan fingerprint density at radius 1 is 1.16 bits per heavy atom. The number of amides is 2. The number of carbonyl (C=O) groups is 1. The van der Waals surface area contributed by atoms with E-state index >= 15 is 8.78 Å². The monoisotopic (exact) mass is 697 g/mol. The Kier molecular flexibility index (Phi) is 8.72. The summed E-state index contributed by atoms with van der Waals surface area (Å²) in [4.78, 5) is 30.1. The number of nitriles is 1. The van der Waals surface area contributed by atoms with Crippen LogP contribution in [0.1, 0.15) is 37.4 Å². The van der Waals surface area contributed by atoms with Crippen LogP contribution in [-0.4, -0.2) is 34.4 Å². The number of aliphatic imine (C=N–C) groups is 1. The summed E-state index contributed by atoms with van der Waals surface area (Å²) in [5.74, 6) is -2.37. The first kappa shape index (κ1) is 30.1. The number of aromatic nitrogens is 2. The van der Waals surface area contributed by atoms with Crippen LogP contribution >= 0.6 is 0 Å². The molecule has 12 heteroatoms. The fraction of sp³-hybridized carbons (Fsp3) is 0.258. The third kappa shape index (κ3) is 5.33. The molecule has 0 saturated heterocycles. The van der Waals surface area contributed by atoms with Gasteiger partial charge in [0.2, 0.25) is 0 Å². The molecule has 1 aliphatic heterocycles. The van der Waals surface area contributed by atoms with E-state index in [1.165, 1.54) is 19.1 Å². The third-order valence-electron chi connectivity index (χ3n) is 7.56. The molecule has 0 spiro atoms. The van der Waals surface area contributed by atoms with Crippen LogP contribution in [0.25, 0.3) is 11.3 Å². The van der Waals surface area contributed by atoms with Crippen molar-refractivity contribution < 1.29 is 44.3 Å². The van der Waals surface area contributed by atoms with E-state index in [4.69, 9.17) is 9.47 Å². The molecule has 222 valence electrons. The molecule has 3 heterocycles. The molecular weight excluding hydrogens is 669 g/mol. The summed E-state index contributed by atoms with van der Waals surface area (Å²) in [6, 6.07) is 8.18. The van der Waals surface area contributed by atoms with Crippen molar-refractivity contribution in [3.63, 3.8) is 0 Å². The first-order chi connectivity index (χ1) is 20.8. The number of rotatable bonds is 9. The number of ether oxygens (including phenoxy) is 2. The molecular formula is C31H28F2IN6O3-. The number of anilines is 2. The molecule has 2 aliphatic rings. The number of carbonyl (C=O) groups excluding carboxylic acids is 1. The Bertz CT molecular complexity index is 1650. The Balaban J connectivity index is 1.62. The fourth-order valence-corrected chi connectivity index (χ4v) is 5.77. The molecule has 1 saturated carbocycles. The normalized spacial score (nSPS) is 16.1. The molecule has 1 aromatic carbocycles. The second kappa shape index (κ2) is 12.5. The van der Waals surface area contributed by atoms with E-state index in [9.17, 15) is 10.1 Å². The molecule has 1 aliphatic carbocycles. The number of benzene rings is 1. The molecule has 0 radical (unpaired) electrons. The summed E-state index contributed by atoms with van der Waals surface area (Å²) in [6.45, 7) is 5.28. The van der Waals surface area contributed by atoms with Crippen LogP contribution in [0.5, 0.6) is 11.5 Å². The van der Waals surface area contributed by atoms with Gasteiger partial charge in [-0.2, -0.15) is 5.26 Å². The van der Waals surface area contributed by atoms with Gasteiger partial charge in [-0.15, -0.1) is 0 Å². The van der Waals surface area contributed by atoms with Gasteiger partial charge in [-0.25, -0.2) is 0 Å². The van der Waals surface area contributed by atoms with Crippen molar-refractivity contribution in [2.24, 2.45) is 4.99 Å². The molecule has 3 aromatic rings. The first-order valence-corrected chi connectivity index (χ1v) is 15.8. The van der Waals surface area contributed by atoms with Gasteiger partial charge >= 0.3 is 229 Å². The summed E-state index contributed by atoms with van der Waals surface area (Å²) in [5.41, 5.74) is 1.77. The van der Waals surface area contributed by atoms with Crippen LogP contribution < -0.4 is 40.5 Å². The topological polar surface area (TPSA) is 104 Å². The van der Waals surface area contributed by atoms with Gasteiger partial charge in [0.15, 0.2) is 0 Å². The predicted molar refractivity (Wildman–Crippen MR) is 155 cm³/mol. The van der Waals surface area contributed by atoms with Gasteiger partial charge in [-0.1, -0.05) is 0 Å². The molecule has 2 aromatic heterocycles. The van der Waals surface area contributed by atoms with Gasteiger partial charge in [-0.3, -0.25) is 0 Å². The Labute approximate surface area is 258 Å². The molecule has 0 bridgehead atoms. The molecule has 2 amide bonds. The van der Waals surface area contributed by atoms with Crippen molar-refractivity contribution >= 4 is 21.6 Å². The standard InChI is InChI=1S/C31H28F2IN6O3/c1-5-26(38-18-34-6-2)40-22-12-21(19-8-9-25(37-14-19)31(17-35)10-7-11-31)36-15-20(22)16-39(30(40)41)29-27(32)23(42-3)13-24(43-4)28(29)33/h5-6,8-9,12-15,18H,2,7,10-11,16H2,1,3-4H3/q-1/b26-5+,38-18?. The van der Waals surface area contributed by atoms with Gasteiger partial charge < -0.3 is 0 Å². The van der Waals surface area contributed by atoms with Gasteiger partial charge in [0.25, 0.3) is 0 Å². The fourth-order valence-electron chi connectivity index (χ4n) is 5.09. The van der Waals surface area contributed by atoms with Crippen molar-refractivity contribution in [1.82, 2.24) is 9.97 Å². The number of halogens is 3. The molecule has 1 fully saturated rings. The minimum atomic E-state index is -1.04. The Morgan fingerprint density at radius 2 is 1.88 bits per heavy atom. The van der Waals surface area contributed by atoms with E-state index in [2.05, 4.69) is 27.6 Å². The van der Waals surface area contributed by atoms with Crippen LogP contribution in [0.2, 0.25) is 0 Å². The van der Waals surface area contributed by atoms with Crippen LogP contribution in [0.3, 0.4) is 0 Å². The van der Waals surface area contributed by atoms with E-state index < -0.39 is 50.0 Å². The maximum atomic E-state index is 15.6. The van der Waals surface area contributed by atoms with Crippen LogP contribution in [0, 0.1) is 23.0 Å². The summed E-state index contributed by atoms with van der Waals surface area (Å²) >= 11 is -0.569. The number of fused-ring (bicyclic) bond motifs is 1. The average Bonchev–Trinajstić information content (AvgIpc) is 3.00. The minimum absolute atomic E-state index is 0.176. The second-order valence-electron chi connectivity index (χ2n) is 9.79. The SMILES string of the molecule is C=C[I-]C=N/C(=C\C)N1C(=O)N(c2c(F)c(OC)cc(OC)c2F)Cc2cnc(-c3ccc(C4(C#N)CCC4)nc3)cc21. The van der Waals surface area contributed by atoms with E-state index in [1.54, 1.807) is 39.8 Å². The summed E-state index contributed by atoms with van der Waals surface area (Å²) < 4.78 is 44.8. The zero-order valence-electron chi connectivity index (χ0n) is 23.8. The molecule has 0 atom stereocenters.